The van der Waals surface area contributed by atoms with E-state index >= 15 is 0 Å². The van der Waals surface area contributed by atoms with E-state index in [2.05, 4.69) is 20.0 Å². The van der Waals surface area contributed by atoms with Gasteiger partial charge < -0.3 is 14.6 Å². The Kier molecular flexibility index (Phi) is 4.02. The highest BCUT2D eigenvalue weighted by molar-refractivity contribution is 5.89. The number of aromatic nitrogens is 5. The van der Waals surface area contributed by atoms with Crippen molar-refractivity contribution >= 4 is 11.0 Å². The quantitative estimate of drug-likeness (QED) is 0.570. The molecule has 29 heavy (non-hydrogen) atoms. The zero-order valence-corrected chi connectivity index (χ0v) is 15.0. The SMILES string of the molecule is FC(F)(F)Oc1ccc(-n2nc(C3CNC3)c3c(-n4ccnc4)ccnc32)cc1. The summed E-state index contributed by atoms with van der Waals surface area (Å²) in [6, 6.07) is 7.48. The van der Waals surface area contributed by atoms with Crippen LogP contribution in [0.25, 0.3) is 22.4 Å². The van der Waals surface area contributed by atoms with Gasteiger partial charge in [-0.05, 0) is 30.3 Å². The van der Waals surface area contributed by atoms with E-state index in [9.17, 15) is 13.2 Å². The van der Waals surface area contributed by atoms with Crippen molar-refractivity contribution in [2.45, 2.75) is 12.3 Å². The molecular weight excluding hydrogens is 385 g/mol. The molecule has 1 N–H and O–H groups in total. The first-order valence-electron chi connectivity index (χ1n) is 8.92. The first-order chi connectivity index (χ1) is 14.0. The summed E-state index contributed by atoms with van der Waals surface area (Å²) in [5.41, 5.74) is 3.02. The van der Waals surface area contributed by atoms with E-state index in [0.29, 0.717) is 11.3 Å². The number of imidazole rings is 1. The molecule has 0 spiro atoms. The standard InChI is InChI=1S/C19H15F3N6O/c20-19(21,22)29-14-3-1-13(2-4-14)28-18-16(17(26-28)12-9-24-10-12)15(5-6-25-18)27-8-7-23-11-27/h1-8,11-12,24H,9-10H2. The van der Waals surface area contributed by atoms with E-state index in [1.54, 1.807) is 23.4 Å². The van der Waals surface area contributed by atoms with Gasteiger partial charge in [-0.3, -0.25) is 0 Å². The monoisotopic (exact) mass is 400 g/mol. The summed E-state index contributed by atoms with van der Waals surface area (Å²) >= 11 is 0. The molecule has 4 aromatic rings. The van der Waals surface area contributed by atoms with Crippen LogP contribution in [0.4, 0.5) is 13.2 Å². The van der Waals surface area contributed by atoms with Gasteiger partial charge in [0.25, 0.3) is 0 Å². The molecule has 7 nitrogen and oxygen atoms in total. The summed E-state index contributed by atoms with van der Waals surface area (Å²) in [6.07, 6.45) is 2.20. The van der Waals surface area contributed by atoms with E-state index in [-0.39, 0.29) is 11.7 Å². The van der Waals surface area contributed by atoms with E-state index in [4.69, 9.17) is 5.10 Å². The Morgan fingerprint density at radius 2 is 1.86 bits per heavy atom. The summed E-state index contributed by atoms with van der Waals surface area (Å²) < 4.78 is 44.8. The number of hydrogen-bond acceptors (Lipinski definition) is 5. The molecule has 1 fully saturated rings. The van der Waals surface area contributed by atoms with E-state index in [1.807, 2.05) is 16.8 Å². The van der Waals surface area contributed by atoms with Crippen molar-refractivity contribution in [3.63, 3.8) is 0 Å². The first-order valence-corrected chi connectivity index (χ1v) is 8.92. The van der Waals surface area contributed by atoms with Gasteiger partial charge in [-0.2, -0.15) is 5.10 Å². The van der Waals surface area contributed by atoms with Gasteiger partial charge in [0.15, 0.2) is 5.65 Å². The van der Waals surface area contributed by atoms with E-state index in [0.717, 1.165) is 29.9 Å². The Morgan fingerprint density at radius 3 is 2.48 bits per heavy atom. The van der Waals surface area contributed by atoms with Crippen molar-refractivity contribution in [1.29, 1.82) is 0 Å². The van der Waals surface area contributed by atoms with Crippen molar-refractivity contribution in [1.82, 2.24) is 29.6 Å². The fraction of sp³-hybridized carbons (Fsp3) is 0.211. The van der Waals surface area contributed by atoms with E-state index in [1.165, 1.54) is 24.3 Å². The van der Waals surface area contributed by atoms with Crippen molar-refractivity contribution in [3.8, 4) is 17.1 Å². The Morgan fingerprint density at radius 1 is 1.07 bits per heavy atom. The van der Waals surface area contributed by atoms with Crippen LogP contribution in [0.15, 0.2) is 55.2 Å². The molecule has 0 radical (unpaired) electrons. The zero-order chi connectivity index (χ0) is 20.0. The van der Waals surface area contributed by atoms with Crippen molar-refractivity contribution < 1.29 is 17.9 Å². The van der Waals surface area contributed by atoms with Crippen LogP contribution < -0.4 is 10.1 Å². The number of benzene rings is 1. The van der Waals surface area contributed by atoms with Crippen LogP contribution in [-0.4, -0.2) is 43.8 Å². The molecule has 0 aliphatic carbocycles. The number of fused-ring (bicyclic) bond motifs is 1. The molecule has 1 aromatic carbocycles. The maximum absolute atomic E-state index is 12.4. The topological polar surface area (TPSA) is 69.8 Å². The molecule has 5 rings (SSSR count). The fourth-order valence-electron chi connectivity index (χ4n) is 3.41. The number of nitrogens with zero attached hydrogens (tertiary/aromatic N) is 5. The van der Waals surface area contributed by atoms with Gasteiger partial charge in [0.2, 0.25) is 0 Å². The largest absolute Gasteiger partial charge is 0.573 e. The third-order valence-electron chi connectivity index (χ3n) is 4.84. The summed E-state index contributed by atoms with van der Waals surface area (Å²) in [4.78, 5) is 8.62. The van der Waals surface area contributed by atoms with Gasteiger partial charge in [-0.25, -0.2) is 14.6 Å². The maximum Gasteiger partial charge on any atom is 0.573 e. The molecule has 3 aromatic heterocycles. The highest BCUT2D eigenvalue weighted by atomic mass is 19.4. The molecular formula is C19H15F3N6O. The summed E-state index contributed by atoms with van der Waals surface area (Å²) in [5, 5.41) is 8.91. The normalized spacial score (nSPS) is 14.9. The zero-order valence-electron chi connectivity index (χ0n) is 15.0. The fourth-order valence-corrected chi connectivity index (χ4v) is 3.41. The smallest absolute Gasteiger partial charge is 0.406 e. The molecule has 1 saturated heterocycles. The lowest BCUT2D eigenvalue weighted by atomic mass is 9.96. The minimum atomic E-state index is -4.73. The predicted octanol–water partition coefficient (Wildman–Crippen LogP) is 3.19. The Bertz CT molecular complexity index is 1150. The number of ether oxygens (including phenoxy) is 1. The number of rotatable bonds is 4. The van der Waals surface area contributed by atoms with Gasteiger partial charge in [-0.1, -0.05) is 0 Å². The lowest BCUT2D eigenvalue weighted by molar-refractivity contribution is -0.274. The van der Waals surface area contributed by atoms with Crippen LogP contribution in [-0.2, 0) is 0 Å². The first kappa shape index (κ1) is 17.7. The molecule has 1 aliphatic heterocycles. The average Bonchev–Trinajstić information content (AvgIpc) is 3.28. The third-order valence-corrected chi connectivity index (χ3v) is 4.84. The number of alkyl halides is 3. The summed E-state index contributed by atoms with van der Waals surface area (Å²) in [7, 11) is 0. The minimum Gasteiger partial charge on any atom is -0.406 e. The number of nitrogens with one attached hydrogen (secondary N) is 1. The molecule has 148 valence electrons. The second-order valence-corrected chi connectivity index (χ2v) is 6.69. The Hall–Kier alpha value is -3.40. The predicted molar refractivity (Wildman–Crippen MR) is 98.3 cm³/mol. The van der Waals surface area contributed by atoms with Crippen LogP contribution in [0.5, 0.6) is 5.75 Å². The molecule has 0 amide bonds. The van der Waals surface area contributed by atoms with Crippen molar-refractivity contribution in [3.05, 3.63) is 60.9 Å². The third kappa shape index (κ3) is 3.21. The van der Waals surface area contributed by atoms with Gasteiger partial charge in [0.05, 0.1) is 28.8 Å². The van der Waals surface area contributed by atoms with E-state index < -0.39 is 6.36 Å². The second kappa shape index (κ2) is 6.59. The minimum absolute atomic E-state index is 0.234. The van der Waals surface area contributed by atoms with Crippen LogP contribution in [0.3, 0.4) is 0 Å². The second-order valence-electron chi connectivity index (χ2n) is 6.69. The molecule has 0 bridgehead atoms. The van der Waals surface area contributed by atoms with Crippen molar-refractivity contribution in [2.75, 3.05) is 13.1 Å². The highest BCUT2D eigenvalue weighted by Crippen LogP contribution is 2.33. The molecule has 10 heteroatoms. The molecule has 0 saturated carbocycles. The number of halogens is 3. The number of pyridine rings is 1. The Labute approximate surface area is 162 Å². The van der Waals surface area contributed by atoms with Crippen LogP contribution in [0, 0.1) is 0 Å². The average molecular weight is 400 g/mol. The molecule has 4 heterocycles. The summed E-state index contributed by atoms with van der Waals surface area (Å²) in [5.74, 6) is -0.0498. The molecule has 0 atom stereocenters. The lowest BCUT2D eigenvalue weighted by Gasteiger charge is -2.25. The van der Waals surface area contributed by atoms with Crippen molar-refractivity contribution in [2.24, 2.45) is 0 Å². The number of hydrogen-bond donors (Lipinski definition) is 1. The van der Waals surface area contributed by atoms with Crippen LogP contribution >= 0.6 is 0 Å². The summed E-state index contributed by atoms with van der Waals surface area (Å²) in [6.45, 7) is 1.62. The molecule has 0 unspecified atom stereocenters. The van der Waals surface area contributed by atoms with Gasteiger partial charge in [-0.15, -0.1) is 13.2 Å². The maximum atomic E-state index is 12.4. The Balaban J connectivity index is 1.64. The van der Waals surface area contributed by atoms with Gasteiger partial charge in [0, 0.05) is 37.6 Å². The van der Waals surface area contributed by atoms with Crippen LogP contribution in [0.1, 0.15) is 11.6 Å². The van der Waals surface area contributed by atoms with Gasteiger partial charge >= 0.3 is 6.36 Å². The lowest BCUT2D eigenvalue weighted by Crippen LogP contribution is -2.40. The molecule has 1 aliphatic rings. The highest BCUT2D eigenvalue weighted by Gasteiger charge is 2.31. The van der Waals surface area contributed by atoms with Gasteiger partial charge in [0.1, 0.15) is 5.75 Å². The van der Waals surface area contributed by atoms with Crippen LogP contribution in [0.2, 0.25) is 0 Å².